The summed E-state index contributed by atoms with van der Waals surface area (Å²) in [5.41, 5.74) is 4.72. The third-order valence-electron chi connectivity index (χ3n) is 5.98. The van der Waals surface area contributed by atoms with Gasteiger partial charge in [-0.3, -0.25) is 9.69 Å². The maximum atomic E-state index is 10.8. The van der Waals surface area contributed by atoms with E-state index < -0.39 is 6.10 Å². The molecule has 8 nitrogen and oxygen atoms in total. The molecule has 0 spiro atoms. The van der Waals surface area contributed by atoms with Crippen LogP contribution >= 0.6 is 0 Å². The molecule has 8 heteroatoms. The van der Waals surface area contributed by atoms with Crippen LogP contribution in [-0.4, -0.2) is 57.4 Å². The number of ether oxygens (including phenoxy) is 2. The number of hydrogen-bond acceptors (Lipinski definition) is 6. The lowest BCUT2D eigenvalue weighted by atomic mass is 9.86. The molecule has 1 saturated heterocycles. The molecule has 32 heavy (non-hydrogen) atoms. The zero-order valence-electron chi connectivity index (χ0n) is 17.9. The normalized spacial score (nSPS) is 19.8. The third-order valence-corrected chi connectivity index (χ3v) is 5.98. The Morgan fingerprint density at radius 3 is 2.72 bits per heavy atom. The number of likely N-dealkylation sites (tertiary alicyclic amines) is 1. The van der Waals surface area contributed by atoms with Crippen LogP contribution in [0.25, 0.3) is 5.69 Å². The van der Waals surface area contributed by atoms with Crippen molar-refractivity contribution in [2.45, 2.75) is 31.9 Å². The first-order valence-electron chi connectivity index (χ1n) is 10.6. The molecule has 1 aromatic heterocycles. The van der Waals surface area contributed by atoms with E-state index >= 15 is 0 Å². The average molecular weight is 437 g/mol. The van der Waals surface area contributed by atoms with Gasteiger partial charge in [0, 0.05) is 31.4 Å². The van der Waals surface area contributed by atoms with E-state index in [1.54, 1.807) is 6.20 Å². The van der Waals surface area contributed by atoms with Gasteiger partial charge in [-0.05, 0) is 66.9 Å². The lowest BCUT2D eigenvalue weighted by molar-refractivity contribution is -0.122. The number of β-amino-alcohol motifs (C(OH)–C–C–N with tert-alkyl or cyclic N) is 1. The molecule has 2 atom stereocenters. The Morgan fingerprint density at radius 2 is 2.00 bits per heavy atom. The van der Waals surface area contributed by atoms with Crippen LogP contribution in [0.5, 0.6) is 11.5 Å². The molecule has 2 aromatic carbocycles. The van der Waals surface area contributed by atoms with Gasteiger partial charge in [0.2, 0.25) is 6.79 Å². The molecular weight excluding hydrogens is 410 g/mol. The lowest BCUT2D eigenvalue weighted by Crippen LogP contribution is -2.42. The first kappa shape index (κ1) is 21.9. The average Bonchev–Trinajstić information content (AvgIpc) is 3.47. The number of carboxylic acid groups (broad SMARTS) is 1. The number of aromatic nitrogens is 2. The molecule has 0 radical (unpaired) electrons. The number of benzene rings is 2. The minimum Gasteiger partial charge on any atom is -0.483 e. The van der Waals surface area contributed by atoms with Crippen LogP contribution in [-0.2, 0) is 11.3 Å². The highest BCUT2D eigenvalue weighted by Gasteiger charge is 2.30. The third kappa shape index (κ3) is 4.76. The first-order valence-corrected chi connectivity index (χ1v) is 10.6. The van der Waals surface area contributed by atoms with Gasteiger partial charge in [0.15, 0.2) is 11.5 Å². The number of fused-ring (bicyclic) bond motifs is 1. The lowest BCUT2D eigenvalue weighted by Gasteiger charge is -2.36. The molecule has 3 aromatic rings. The first-order chi connectivity index (χ1) is 15.6. The summed E-state index contributed by atoms with van der Waals surface area (Å²) in [6.45, 7) is 4.63. The molecule has 0 aliphatic carbocycles. The number of aliphatic hydroxyl groups is 1. The number of nitrogens with zero attached hydrogens (tertiary/aromatic N) is 3. The van der Waals surface area contributed by atoms with Crippen LogP contribution in [0.2, 0.25) is 0 Å². The van der Waals surface area contributed by atoms with Crippen LogP contribution < -0.4 is 9.47 Å². The number of hydrogen-bond donors (Lipinski definition) is 2. The molecule has 0 bridgehead atoms. The van der Waals surface area contributed by atoms with Crippen molar-refractivity contribution in [1.82, 2.24) is 14.7 Å². The molecule has 3 heterocycles. The fourth-order valence-corrected chi connectivity index (χ4v) is 4.34. The van der Waals surface area contributed by atoms with Gasteiger partial charge in [0.25, 0.3) is 6.47 Å². The molecule has 2 N–H and O–H groups in total. The van der Waals surface area contributed by atoms with Crippen molar-refractivity contribution in [1.29, 1.82) is 0 Å². The molecule has 2 aliphatic heterocycles. The molecule has 5 rings (SSSR count). The van der Waals surface area contributed by atoms with Gasteiger partial charge in [0.05, 0.1) is 11.8 Å². The van der Waals surface area contributed by atoms with Gasteiger partial charge < -0.3 is 19.7 Å². The highest BCUT2D eigenvalue weighted by molar-refractivity contribution is 5.46. The topological polar surface area (TPSA) is 97.0 Å². The Morgan fingerprint density at radius 1 is 1.19 bits per heavy atom. The zero-order valence-corrected chi connectivity index (χ0v) is 17.9. The summed E-state index contributed by atoms with van der Waals surface area (Å²) in [4.78, 5) is 10.7. The van der Waals surface area contributed by atoms with E-state index in [-0.39, 0.29) is 19.2 Å². The number of rotatable bonds is 4. The minimum atomic E-state index is -0.396. The molecule has 0 amide bonds. The van der Waals surface area contributed by atoms with E-state index in [4.69, 9.17) is 19.4 Å². The molecule has 0 unspecified atom stereocenters. The Kier molecular flexibility index (Phi) is 6.72. The van der Waals surface area contributed by atoms with Crippen LogP contribution in [0.3, 0.4) is 0 Å². The van der Waals surface area contributed by atoms with Gasteiger partial charge in [0.1, 0.15) is 0 Å². The van der Waals surface area contributed by atoms with Crippen molar-refractivity contribution in [3.05, 3.63) is 71.5 Å². The second kappa shape index (κ2) is 9.84. The summed E-state index contributed by atoms with van der Waals surface area (Å²) in [5, 5.41) is 22.0. The Hall–Kier alpha value is -3.36. The predicted molar refractivity (Wildman–Crippen MR) is 118 cm³/mol. The summed E-state index contributed by atoms with van der Waals surface area (Å²) in [5.74, 6) is 1.70. The number of piperidine rings is 1. The summed E-state index contributed by atoms with van der Waals surface area (Å²) in [6, 6.07) is 14.4. The van der Waals surface area contributed by atoms with Gasteiger partial charge in [-0.2, -0.15) is 5.10 Å². The second-order valence-corrected chi connectivity index (χ2v) is 7.98. The highest BCUT2D eigenvalue weighted by Crippen LogP contribution is 2.37. The minimum absolute atomic E-state index is 0.129. The Balaban J connectivity index is 0.000000775. The number of aliphatic hydroxyl groups excluding tert-OH is 1. The van der Waals surface area contributed by atoms with E-state index in [9.17, 15) is 5.11 Å². The van der Waals surface area contributed by atoms with Gasteiger partial charge in [-0.15, -0.1) is 0 Å². The molecule has 1 fully saturated rings. The Labute approximate surface area is 186 Å². The molecule has 2 aliphatic rings. The van der Waals surface area contributed by atoms with Crippen LogP contribution in [0.1, 0.15) is 29.0 Å². The van der Waals surface area contributed by atoms with Crippen molar-refractivity contribution in [2.75, 3.05) is 19.9 Å². The van der Waals surface area contributed by atoms with E-state index in [0.29, 0.717) is 6.54 Å². The van der Waals surface area contributed by atoms with Gasteiger partial charge in [-0.1, -0.05) is 12.1 Å². The monoisotopic (exact) mass is 437 g/mol. The van der Waals surface area contributed by atoms with Crippen LogP contribution in [0, 0.1) is 6.92 Å². The SMILES string of the molecule is Cc1cc(-n2cccn2)ccc1CN1CC[C@@H](c2ccc3c(c2)OCO3)[C@H](O)C1.O=CO. The predicted octanol–water partition coefficient (Wildman–Crippen LogP) is 2.96. The highest BCUT2D eigenvalue weighted by atomic mass is 16.7. The molecule has 0 saturated carbocycles. The summed E-state index contributed by atoms with van der Waals surface area (Å²) >= 11 is 0. The fraction of sp³-hybridized carbons (Fsp3) is 0.333. The van der Waals surface area contributed by atoms with E-state index in [2.05, 4.69) is 41.2 Å². The zero-order chi connectivity index (χ0) is 22.5. The number of aryl methyl sites for hydroxylation is 1. The van der Waals surface area contributed by atoms with Crippen molar-refractivity contribution >= 4 is 6.47 Å². The summed E-state index contributed by atoms with van der Waals surface area (Å²) < 4.78 is 12.8. The number of carbonyl (C=O) groups is 1. The van der Waals surface area contributed by atoms with Crippen molar-refractivity contribution in [3.63, 3.8) is 0 Å². The quantitative estimate of drug-likeness (QED) is 0.606. The van der Waals surface area contributed by atoms with E-state index in [1.165, 1.54) is 11.1 Å². The van der Waals surface area contributed by atoms with Gasteiger partial charge >= 0.3 is 0 Å². The maximum absolute atomic E-state index is 10.8. The van der Waals surface area contributed by atoms with Crippen molar-refractivity contribution in [3.8, 4) is 17.2 Å². The van der Waals surface area contributed by atoms with Gasteiger partial charge in [-0.25, -0.2) is 4.68 Å². The van der Waals surface area contributed by atoms with Crippen molar-refractivity contribution < 1.29 is 24.5 Å². The maximum Gasteiger partial charge on any atom is 0.290 e. The van der Waals surface area contributed by atoms with E-state index in [0.717, 1.165) is 42.3 Å². The van der Waals surface area contributed by atoms with Crippen molar-refractivity contribution in [2.24, 2.45) is 0 Å². The van der Waals surface area contributed by atoms with Crippen LogP contribution in [0.15, 0.2) is 54.9 Å². The summed E-state index contributed by atoms with van der Waals surface area (Å²) in [7, 11) is 0. The fourth-order valence-electron chi connectivity index (χ4n) is 4.34. The smallest absolute Gasteiger partial charge is 0.290 e. The second-order valence-electron chi connectivity index (χ2n) is 7.98. The van der Waals surface area contributed by atoms with Crippen LogP contribution in [0.4, 0.5) is 0 Å². The standard InChI is InChI=1S/C23H25N3O3.CH2O2/c1-16-11-19(26-9-2-8-24-26)5-3-18(16)13-25-10-7-20(21(27)14-25)17-4-6-22-23(12-17)29-15-28-22;2-1-3/h2-6,8-9,11-12,20-21,27H,7,10,13-15H2,1H3;1H,(H,2,3)/t20-,21+;/m0./s1. The molecular formula is C24H27N3O5. The largest absolute Gasteiger partial charge is 0.483 e. The Bertz CT molecular complexity index is 1050. The van der Waals surface area contributed by atoms with E-state index in [1.807, 2.05) is 29.1 Å². The molecule has 168 valence electrons. The summed E-state index contributed by atoms with van der Waals surface area (Å²) in [6.07, 6.45) is 4.26.